The van der Waals surface area contributed by atoms with Crippen LogP contribution in [-0.2, 0) is 14.6 Å². The topological polar surface area (TPSA) is 101 Å². The summed E-state index contributed by atoms with van der Waals surface area (Å²) < 4.78 is 23.1. The third-order valence-corrected chi connectivity index (χ3v) is 6.78. The van der Waals surface area contributed by atoms with Gasteiger partial charge in [-0.1, -0.05) is 32.1 Å². The average Bonchev–Trinajstić information content (AvgIpc) is 3.04. The third-order valence-electron chi connectivity index (χ3n) is 4.61. The van der Waals surface area contributed by atoms with Crippen molar-refractivity contribution in [1.82, 2.24) is 5.32 Å². The highest BCUT2D eigenvalue weighted by Crippen LogP contribution is 2.28. The number of sulfone groups is 1. The molecule has 1 fully saturated rings. The van der Waals surface area contributed by atoms with Gasteiger partial charge in [-0.25, -0.2) is 8.42 Å². The number of aliphatic carboxylic acids is 1. The number of nitrogens with one attached hydrogen (secondary N) is 1. The van der Waals surface area contributed by atoms with E-state index in [0.29, 0.717) is 17.2 Å². The SMILES string of the molecule is CS(=O)(=O)c1csc(C(=O)NC(CCC(=O)O)CC2CCCCC2)c1. The van der Waals surface area contributed by atoms with E-state index in [4.69, 9.17) is 5.11 Å². The van der Waals surface area contributed by atoms with Crippen molar-refractivity contribution >= 4 is 33.1 Å². The fraction of sp³-hybridized carbons (Fsp3) is 0.647. The number of carbonyl (C=O) groups excluding carboxylic acids is 1. The van der Waals surface area contributed by atoms with Crippen molar-refractivity contribution in [2.24, 2.45) is 5.92 Å². The first-order valence-electron chi connectivity index (χ1n) is 8.57. The van der Waals surface area contributed by atoms with Gasteiger partial charge in [0.1, 0.15) is 0 Å². The van der Waals surface area contributed by atoms with Gasteiger partial charge in [-0.2, -0.15) is 0 Å². The molecule has 1 aliphatic carbocycles. The monoisotopic (exact) mass is 387 g/mol. The molecule has 8 heteroatoms. The Balaban J connectivity index is 2.01. The van der Waals surface area contributed by atoms with Crippen LogP contribution >= 0.6 is 11.3 Å². The van der Waals surface area contributed by atoms with E-state index in [1.165, 1.54) is 30.7 Å². The van der Waals surface area contributed by atoms with Crippen molar-refractivity contribution in [2.45, 2.75) is 62.3 Å². The van der Waals surface area contributed by atoms with E-state index < -0.39 is 15.8 Å². The lowest BCUT2D eigenvalue weighted by Gasteiger charge is -2.27. The van der Waals surface area contributed by atoms with E-state index in [1.54, 1.807) is 0 Å². The summed E-state index contributed by atoms with van der Waals surface area (Å²) in [6.45, 7) is 0. The quantitative estimate of drug-likeness (QED) is 0.714. The lowest BCUT2D eigenvalue weighted by atomic mass is 9.84. The van der Waals surface area contributed by atoms with E-state index in [1.807, 2.05) is 0 Å². The van der Waals surface area contributed by atoms with Gasteiger partial charge in [-0.15, -0.1) is 11.3 Å². The Bertz CT molecular complexity index is 704. The maximum atomic E-state index is 12.4. The smallest absolute Gasteiger partial charge is 0.303 e. The summed E-state index contributed by atoms with van der Waals surface area (Å²) in [6, 6.07) is 1.18. The maximum absolute atomic E-state index is 12.4. The van der Waals surface area contributed by atoms with Crippen LogP contribution in [0.3, 0.4) is 0 Å². The second-order valence-electron chi connectivity index (χ2n) is 6.76. The molecular weight excluding hydrogens is 362 g/mol. The van der Waals surface area contributed by atoms with Gasteiger partial charge >= 0.3 is 5.97 Å². The standard InChI is InChI=1S/C17H25NO5S2/c1-25(22,23)14-10-15(24-11-14)17(21)18-13(7-8-16(19)20)9-12-5-3-2-4-6-12/h10-13H,2-9H2,1H3,(H,18,21)(H,19,20). The minimum Gasteiger partial charge on any atom is -0.481 e. The van der Waals surface area contributed by atoms with E-state index >= 15 is 0 Å². The van der Waals surface area contributed by atoms with Gasteiger partial charge in [0.05, 0.1) is 9.77 Å². The van der Waals surface area contributed by atoms with Crippen molar-refractivity contribution in [3.8, 4) is 0 Å². The maximum Gasteiger partial charge on any atom is 0.303 e. The summed E-state index contributed by atoms with van der Waals surface area (Å²) in [5.41, 5.74) is 0. The van der Waals surface area contributed by atoms with Crippen molar-refractivity contribution in [1.29, 1.82) is 0 Å². The molecule has 2 N–H and O–H groups in total. The molecule has 25 heavy (non-hydrogen) atoms. The number of carboxylic acids is 1. The Morgan fingerprint density at radius 2 is 2.00 bits per heavy atom. The molecular formula is C17H25NO5S2. The Labute approximate surface area is 152 Å². The van der Waals surface area contributed by atoms with Crippen LogP contribution in [0.4, 0.5) is 0 Å². The number of amides is 1. The van der Waals surface area contributed by atoms with E-state index in [2.05, 4.69) is 5.32 Å². The van der Waals surface area contributed by atoms with Crippen LogP contribution in [-0.4, -0.2) is 37.7 Å². The largest absolute Gasteiger partial charge is 0.481 e. The number of rotatable bonds is 8. The van der Waals surface area contributed by atoms with Crippen LogP contribution < -0.4 is 5.32 Å². The molecule has 1 saturated carbocycles. The number of carboxylic acid groups (broad SMARTS) is 1. The molecule has 1 amide bonds. The highest BCUT2D eigenvalue weighted by Gasteiger charge is 2.23. The molecule has 0 bridgehead atoms. The van der Waals surface area contributed by atoms with Gasteiger partial charge in [0.25, 0.3) is 5.91 Å². The molecule has 0 aromatic carbocycles. The highest BCUT2D eigenvalue weighted by atomic mass is 32.2. The predicted molar refractivity (Wildman–Crippen MR) is 96.7 cm³/mol. The Hall–Kier alpha value is -1.41. The molecule has 0 radical (unpaired) electrons. The van der Waals surface area contributed by atoms with Gasteiger partial charge in [0.2, 0.25) is 0 Å². The number of hydrogen-bond acceptors (Lipinski definition) is 5. The van der Waals surface area contributed by atoms with Crippen molar-refractivity contribution < 1.29 is 23.1 Å². The Kier molecular flexibility index (Phi) is 7.01. The zero-order chi connectivity index (χ0) is 18.4. The lowest BCUT2D eigenvalue weighted by molar-refractivity contribution is -0.137. The third kappa shape index (κ3) is 6.43. The highest BCUT2D eigenvalue weighted by molar-refractivity contribution is 7.90. The molecule has 2 rings (SSSR count). The molecule has 0 saturated heterocycles. The molecule has 1 heterocycles. The van der Waals surface area contributed by atoms with Crippen molar-refractivity contribution in [3.05, 3.63) is 16.3 Å². The van der Waals surface area contributed by atoms with Crippen LogP contribution in [0.15, 0.2) is 16.3 Å². The van der Waals surface area contributed by atoms with Crippen molar-refractivity contribution in [2.75, 3.05) is 6.26 Å². The van der Waals surface area contributed by atoms with Crippen LogP contribution in [0.2, 0.25) is 0 Å². The molecule has 1 aromatic heterocycles. The second kappa shape index (κ2) is 8.80. The van der Waals surface area contributed by atoms with Gasteiger partial charge in [0, 0.05) is 24.1 Å². The summed E-state index contributed by atoms with van der Waals surface area (Å²) in [5.74, 6) is -0.688. The molecule has 1 unspecified atom stereocenters. The average molecular weight is 388 g/mol. The number of carbonyl (C=O) groups is 2. The van der Waals surface area contributed by atoms with Gasteiger partial charge < -0.3 is 10.4 Å². The molecule has 140 valence electrons. The summed E-state index contributed by atoms with van der Waals surface area (Å²) in [4.78, 5) is 23.8. The first-order chi connectivity index (χ1) is 11.8. The summed E-state index contributed by atoms with van der Waals surface area (Å²) in [7, 11) is -3.34. The van der Waals surface area contributed by atoms with E-state index in [0.717, 1.165) is 36.9 Å². The zero-order valence-electron chi connectivity index (χ0n) is 14.4. The zero-order valence-corrected chi connectivity index (χ0v) is 16.0. The molecule has 1 aliphatic rings. The molecule has 1 aromatic rings. The van der Waals surface area contributed by atoms with Crippen LogP contribution in [0.1, 0.15) is 61.0 Å². The molecule has 6 nitrogen and oxygen atoms in total. The lowest BCUT2D eigenvalue weighted by Crippen LogP contribution is -2.36. The van der Waals surface area contributed by atoms with E-state index in [9.17, 15) is 18.0 Å². The Morgan fingerprint density at radius 3 is 2.56 bits per heavy atom. The van der Waals surface area contributed by atoms with Gasteiger partial charge in [0.15, 0.2) is 9.84 Å². The minimum absolute atomic E-state index is 0.0106. The number of hydrogen-bond donors (Lipinski definition) is 2. The Morgan fingerprint density at radius 1 is 1.32 bits per heavy atom. The summed E-state index contributed by atoms with van der Waals surface area (Å²) in [6.07, 6.45) is 8.15. The van der Waals surface area contributed by atoms with Crippen LogP contribution in [0.25, 0.3) is 0 Å². The molecule has 0 spiro atoms. The minimum atomic E-state index is -3.34. The fourth-order valence-electron chi connectivity index (χ4n) is 3.26. The van der Waals surface area contributed by atoms with Crippen molar-refractivity contribution in [3.63, 3.8) is 0 Å². The number of thiophene rings is 1. The van der Waals surface area contributed by atoms with Crippen LogP contribution in [0.5, 0.6) is 0 Å². The van der Waals surface area contributed by atoms with E-state index in [-0.39, 0.29) is 23.3 Å². The van der Waals surface area contributed by atoms with Crippen LogP contribution in [0, 0.1) is 5.92 Å². The summed E-state index contributed by atoms with van der Waals surface area (Å²) in [5, 5.41) is 13.3. The summed E-state index contributed by atoms with van der Waals surface area (Å²) >= 11 is 1.09. The normalized spacial score (nSPS) is 17.2. The van der Waals surface area contributed by atoms with Gasteiger partial charge in [-0.05, 0) is 24.8 Å². The molecule has 1 atom stereocenters. The second-order valence-corrected chi connectivity index (χ2v) is 9.69. The fourth-order valence-corrected chi connectivity index (χ4v) is 5.18. The predicted octanol–water partition coefficient (Wildman–Crippen LogP) is 3.09. The first kappa shape index (κ1) is 19.9. The van der Waals surface area contributed by atoms with Gasteiger partial charge in [-0.3, -0.25) is 9.59 Å². The molecule has 0 aliphatic heterocycles. The first-order valence-corrected chi connectivity index (χ1v) is 11.3.